The lowest BCUT2D eigenvalue weighted by atomic mass is 10.1. The highest BCUT2D eigenvalue weighted by atomic mass is 127. The van der Waals surface area contributed by atoms with E-state index in [-0.39, 0.29) is 5.96 Å². The van der Waals surface area contributed by atoms with E-state index in [9.17, 15) is 0 Å². The van der Waals surface area contributed by atoms with Gasteiger partial charge < -0.3 is 11.5 Å². The van der Waals surface area contributed by atoms with Gasteiger partial charge in [-0.3, -0.25) is 0 Å². The van der Waals surface area contributed by atoms with Crippen LogP contribution in [0.1, 0.15) is 0 Å². The van der Waals surface area contributed by atoms with Crippen molar-refractivity contribution in [2.75, 3.05) is 0 Å². The fourth-order valence-electron chi connectivity index (χ4n) is 1.48. The molecule has 2 aromatic carbocycles. The van der Waals surface area contributed by atoms with E-state index in [1.807, 2.05) is 30.3 Å². The number of aliphatic imine (C=N–C) groups is 1. The maximum Gasteiger partial charge on any atom is 0.191 e. The van der Waals surface area contributed by atoms with Crippen molar-refractivity contribution in [1.29, 1.82) is 0 Å². The number of hydrogen-bond acceptors (Lipinski definition) is 1. The van der Waals surface area contributed by atoms with E-state index >= 15 is 0 Å². The molecule has 0 aliphatic heterocycles. The molecule has 0 saturated carbocycles. The van der Waals surface area contributed by atoms with Crippen LogP contribution in [0.25, 0.3) is 10.8 Å². The fraction of sp³-hybridized carbons (Fsp3) is 0. The molecule has 2 aromatic rings. The minimum absolute atomic E-state index is 0.0846. The molecule has 0 aliphatic rings. The lowest BCUT2D eigenvalue weighted by Crippen LogP contribution is -2.21. The molecular weight excluding hydrogens is 301 g/mol. The Hall–Kier alpha value is -1.30. The van der Waals surface area contributed by atoms with Crippen LogP contribution in [-0.4, -0.2) is 5.96 Å². The van der Waals surface area contributed by atoms with E-state index in [1.54, 1.807) is 0 Å². The van der Waals surface area contributed by atoms with Crippen LogP contribution >= 0.6 is 22.6 Å². The summed E-state index contributed by atoms with van der Waals surface area (Å²) >= 11 is 2.30. The molecule has 4 N–H and O–H groups in total. The average Bonchev–Trinajstić information content (AvgIpc) is 2.22. The standard InChI is InChI=1S/C11H10IN3/c12-9-5-6-10(15-11(13)14)8-4-2-1-3-7(8)9/h1-6H,(H4,13,14,15). The van der Waals surface area contributed by atoms with Crippen LogP contribution in [0.15, 0.2) is 41.4 Å². The second-order valence-corrected chi connectivity index (χ2v) is 4.31. The third-order valence-corrected chi connectivity index (χ3v) is 3.04. The van der Waals surface area contributed by atoms with Gasteiger partial charge in [0.05, 0.1) is 5.69 Å². The van der Waals surface area contributed by atoms with Crippen molar-refractivity contribution in [2.45, 2.75) is 0 Å². The minimum atomic E-state index is 0.0846. The summed E-state index contributed by atoms with van der Waals surface area (Å²) in [6.45, 7) is 0. The second-order valence-electron chi connectivity index (χ2n) is 3.15. The van der Waals surface area contributed by atoms with Crippen LogP contribution in [0.2, 0.25) is 0 Å². The molecule has 0 heterocycles. The molecule has 0 amide bonds. The molecule has 0 atom stereocenters. The Morgan fingerprint density at radius 3 is 2.33 bits per heavy atom. The molecule has 2 rings (SSSR count). The normalized spacial score (nSPS) is 10.2. The van der Waals surface area contributed by atoms with Crippen molar-refractivity contribution in [3.8, 4) is 0 Å². The third-order valence-electron chi connectivity index (χ3n) is 2.10. The number of guanidine groups is 1. The first-order valence-electron chi connectivity index (χ1n) is 4.45. The number of benzene rings is 2. The van der Waals surface area contributed by atoms with Gasteiger partial charge in [-0.1, -0.05) is 24.3 Å². The van der Waals surface area contributed by atoms with Crippen LogP contribution in [0.5, 0.6) is 0 Å². The Labute approximate surface area is 101 Å². The monoisotopic (exact) mass is 311 g/mol. The Morgan fingerprint density at radius 2 is 1.67 bits per heavy atom. The summed E-state index contributed by atoms with van der Waals surface area (Å²) in [4.78, 5) is 4.10. The van der Waals surface area contributed by atoms with E-state index in [4.69, 9.17) is 11.5 Å². The molecule has 0 fully saturated rings. The van der Waals surface area contributed by atoms with Crippen molar-refractivity contribution in [3.05, 3.63) is 40.0 Å². The van der Waals surface area contributed by atoms with Gasteiger partial charge in [0.15, 0.2) is 5.96 Å². The average molecular weight is 311 g/mol. The van der Waals surface area contributed by atoms with E-state index < -0.39 is 0 Å². The van der Waals surface area contributed by atoms with Gasteiger partial charge in [-0.25, -0.2) is 4.99 Å². The van der Waals surface area contributed by atoms with Crippen molar-refractivity contribution < 1.29 is 0 Å². The summed E-state index contributed by atoms with van der Waals surface area (Å²) in [5.74, 6) is 0.0846. The molecule has 4 heteroatoms. The first kappa shape index (κ1) is 10.2. The molecular formula is C11H10IN3. The molecule has 15 heavy (non-hydrogen) atoms. The van der Waals surface area contributed by atoms with Gasteiger partial charge in [0.1, 0.15) is 0 Å². The number of nitrogens with zero attached hydrogens (tertiary/aromatic N) is 1. The highest BCUT2D eigenvalue weighted by molar-refractivity contribution is 14.1. The van der Waals surface area contributed by atoms with Gasteiger partial charge in [-0.2, -0.15) is 0 Å². The zero-order valence-corrected chi connectivity index (χ0v) is 10.1. The molecule has 0 radical (unpaired) electrons. The Morgan fingerprint density at radius 1 is 1.00 bits per heavy atom. The van der Waals surface area contributed by atoms with Crippen LogP contribution in [0, 0.1) is 3.57 Å². The summed E-state index contributed by atoms with van der Waals surface area (Å²) in [5, 5.41) is 2.23. The molecule has 0 bridgehead atoms. The summed E-state index contributed by atoms with van der Waals surface area (Å²) < 4.78 is 1.19. The molecule has 0 spiro atoms. The number of fused-ring (bicyclic) bond motifs is 1. The summed E-state index contributed by atoms with van der Waals surface area (Å²) in [6.07, 6.45) is 0. The molecule has 3 nitrogen and oxygen atoms in total. The predicted octanol–water partition coefficient (Wildman–Crippen LogP) is 2.35. The van der Waals surface area contributed by atoms with Gasteiger partial charge in [0, 0.05) is 8.96 Å². The van der Waals surface area contributed by atoms with Crippen LogP contribution < -0.4 is 11.5 Å². The number of hydrogen-bond donors (Lipinski definition) is 2. The number of halogens is 1. The molecule has 0 saturated heterocycles. The predicted molar refractivity (Wildman–Crippen MR) is 72.1 cm³/mol. The smallest absolute Gasteiger partial charge is 0.191 e. The van der Waals surface area contributed by atoms with Crippen LogP contribution in [0.4, 0.5) is 5.69 Å². The van der Waals surface area contributed by atoms with Crippen molar-refractivity contribution in [3.63, 3.8) is 0 Å². The maximum absolute atomic E-state index is 5.38. The van der Waals surface area contributed by atoms with Crippen molar-refractivity contribution in [1.82, 2.24) is 0 Å². The third kappa shape index (κ3) is 2.04. The van der Waals surface area contributed by atoms with Crippen LogP contribution in [0.3, 0.4) is 0 Å². The quantitative estimate of drug-likeness (QED) is 0.482. The topological polar surface area (TPSA) is 64.4 Å². The largest absolute Gasteiger partial charge is 0.370 e. The molecule has 0 aromatic heterocycles. The van der Waals surface area contributed by atoms with E-state index in [0.717, 1.165) is 11.1 Å². The number of nitrogens with two attached hydrogens (primary N) is 2. The van der Waals surface area contributed by atoms with Crippen molar-refractivity contribution >= 4 is 45.0 Å². The summed E-state index contributed by atoms with van der Waals surface area (Å²) in [7, 11) is 0. The van der Waals surface area contributed by atoms with E-state index in [0.29, 0.717) is 0 Å². The van der Waals surface area contributed by atoms with E-state index in [2.05, 4.69) is 33.6 Å². The molecule has 76 valence electrons. The first-order valence-corrected chi connectivity index (χ1v) is 5.53. The lowest BCUT2D eigenvalue weighted by Gasteiger charge is -2.04. The van der Waals surface area contributed by atoms with Gasteiger partial charge in [-0.15, -0.1) is 0 Å². The van der Waals surface area contributed by atoms with Crippen LogP contribution in [-0.2, 0) is 0 Å². The summed E-state index contributed by atoms with van der Waals surface area (Å²) in [6, 6.07) is 12.0. The van der Waals surface area contributed by atoms with Gasteiger partial charge >= 0.3 is 0 Å². The lowest BCUT2D eigenvalue weighted by molar-refractivity contribution is 1.44. The minimum Gasteiger partial charge on any atom is -0.370 e. The first-order chi connectivity index (χ1) is 7.18. The molecule has 0 aliphatic carbocycles. The number of rotatable bonds is 1. The van der Waals surface area contributed by atoms with Gasteiger partial charge in [0.25, 0.3) is 0 Å². The highest BCUT2D eigenvalue weighted by Crippen LogP contribution is 2.29. The zero-order chi connectivity index (χ0) is 10.8. The summed E-state index contributed by atoms with van der Waals surface area (Å²) in [5.41, 5.74) is 11.6. The fourth-order valence-corrected chi connectivity index (χ4v) is 2.13. The maximum atomic E-state index is 5.38. The highest BCUT2D eigenvalue weighted by Gasteiger charge is 2.02. The van der Waals surface area contributed by atoms with E-state index in [1.165, 1.54) is 8.96 Å². The second kappa shape index (κ2) is 4.06. The van der Waals surface area contributed by atoms with Gasteiger partial charge in [-0.05, 0) is 40.1 Å². The van der Waals surface area contributed by atoms with Crippen molar-refractivity contribution in [2.24, 2.45) is 16.5 Å². The zero-order valence-electron chi connectivity index (χ0n) is 7.94. The molecule has 0 unspecified atom stereocenters. The van der Waals surface area contributed by atoms with Gasteiger partial charge in [0.2, 0.25) is 0 Å². The Balaban J connectivity index is 2.77. The SMILES string of the molecule is NC(N)=Nc1ccc(I)c2ccccc12. The Kier molecular flexibility index (Phi) is 2.77. The Bertz CT molecular complexity index is 530.